The normalized spacial score (nSPS) is 18.8. The first-order valence-electron chi connectivity index (χ1n) is 10.8. The van der Waals surface area contributed by atoms with Crippen molar-refractivity contribution in [2.45, 2.75) is 26.3 Å². The van der Waals surface area contributed by atoms with E-state index in [-0.39, 0.29) is 37.9 Å². The van der Waals surface area contributed by atoms with Crippen molar-refractivity contribution in [2.24, 2.45) is 5.41 Å². The zero-order chi connectivity index (χ0) is 24.3. The number of ether oxygens (including phenoxy) is 2. The highest BCUT2D eigenvalue weighted by molar-refractivity contribution is 6.08. The number of rotatable bonds is 6. The van der Waals surface area contributed by atoms with E-state index in [1.165, 1.54) is 24.4 Å². The van der Waals surface area contributed by atoms with Crippen molar-refractivity contribution in [3.8, 4) is 17.6 Å². The summed E-state index contributed by atoms with van der Waals surface area (Å²) in [4.78, 5) is 55.3. The molecule has 1 saturated heterocycles. The molecule has 0 saturated carbocycles. The molecule has 0 unspecified atom stereocenters. The lowest BCUT2D eigenvalue weighted by Gasteiger charge is -2.25. The number of amides is 3. The lowest BCUT2D eigenvalue weighted by molar-refractivity contribution is -0.142. The minimum Gasteiger partial charge on any atom is -0.497 e. The summed E-state index contributed by atoms with van der Waals surface area (Å²) in [6, 6.07) is 6.93. The van der Waals surface area contributed by atoms with Gasteiger partial charge in [-0.15, -0.1) is 0 Å². The Morgan fingerprint density at radius 1 is 1.24 bits per heavy atom. The number of methoxy groups -OCH3 is 1. The van der Waals surface area contributed by atoms with Crippen LogP contribution in [-0.4, -0.2) is 53.8 Å². The summed E-state index contributed by atoms with van der Waals surface area (Å²) < 4.78 is 10.2. The Bertz CT molecular complexity index is 1240. The number of carbonyl (C=O) groups is 4. The standard InChI is InChI=1S/C25H23N3O6/c1-3-34-22(30)9-17-8-16(12-26-13-17)6-7-25(11-21(29)27-24(25)32)15-28-14-18-4-5-19(33-2)10-20(18)23(28)31/h4-5,8,10,12-13H,3,9,11,14-15H2,1-2H3,(H,27,29,32)/t25-/m1/s1. The van der Waals surface area contributed by atoms with Crippen molar-refractivity contribution < 1.29 is 28.7 Å². The van der Waals surface area contributed by atoms with Crippen molar-refractivity contribution in [1.82, 2.24) is 15.2 Å². The smallest absolute Gasteiger partial charge is 0.310 e. The van der Waals surface area contributed by atoms with Crippen molar-refractivity contribution >= 4 is 23.7 Å². The highest BCUT2D eigenvalue weighted by atomic mass is 16.5. The van der Waals surface area contributed by atoms with E-state index in [0.29, 0.717) is 29.0 Å². The second-order valence-corrected chi connectivity index (χ2v) is 8.13. The molecule has 2 aromatic rings. The summed E-state index contributed by atoms with van der Waals surface area (Å²) >= 11 is 0. The van der Waals surface area contributed by atoms with Crippen LogP contribution in [0.3, 0.4) is 0 Å². The van der Waals surface area contributed by atoms with E-state index in [1.54, 1.807) is 25.1 Å². The summed E-state index contributed by atoms with van der Waals surface area (Å²) in [6.45, 7) is 2.28. The highest BCUT2D eigenvalue weighted by Gasteiger charge is 2.48. The Morgan fingerprint density at radius 2 is 2.06 bits per heavy atom. The van der Waals surface area contributed by atoms with Crippen LogP contribution in [0, 0.1) is 17.3 Å². The molecule has 2 aliphatic rings. The molecule has 1 aromatic heterocycles. The van der Waals surface area contributed by atoms with E-state index in [2.05, 4.69) is 22.1 Å². The molecular formula is C25H23N3O6. The molecule has 9 heteroatoms. The summed E-state index contributed by atoms with van der Waals surface area (Å²) in [6.07, 6.45) is 2.94. The number of imide groups is 1. The van der Waals surface area contributed by atoms with E-state index < -0.39 is 17.2 Å². The molecule has 1 atom stereocenters. The number of hydrogen-bond donors (Lipinski definition) is 1. The van der Waals surface area contributed by atoms with Gasteiger partial charge in [-0.2, -0.15) is 0 Å². The van der Waals surface area contributed by atoms with Crippen LogP contribution in [0.15, 0.2) is 36.7 Å². The first-order chi connectivity index (χ1) is 16.3. The van der Waals surface area contributed by atoms with Crippen molar-refractivity contribution in [1.29, 1.82) is 0 Å². The second-order valence-electron chi connectivity index (χ2n) is 8.13. The zero-order valence-electron chi connectivity index (χ0n) is 18.8. The molecule has 0 bridgehead atoms. The van der Waals surface area contributed by atoms with Crippen LogP contribution in [0.25, 0.3) is 0 Å². The molecule has 0 aliphatic carbocycles. The van der Waals surface area contributed by atoms with E-state index in [1.807, 2.05) is 6.07 Å². The third-order valence-corrected chi connectivity index (χ3v) is 5.70. The fraction of sp³-hybridized carbons (Fsp3) is 0.320. The fourth-order valence-electron chi connectivity index (χ4n) is 4.06. The Morgan fingerprint density at radius 3 is 2.76 bits per heavy atom. The van der Waals surface area contributed by atoms with Gasteiger partial charge in [0.2, 0.25) is 11.8 Å². The molecule has 0 radical (unpaired) electrons. The van der Waals surface area contributed by atoms with Crippen molar-refractivity contribution in [3.05, 3.63) is 58.9 Å². The lowest BCUT2D eigenvalue weighted by Crippen LogP contribution is -2.42. The number of aromatic nitrogens is 1. The van der Waals surface area contributed by atoms with E-state index >= 15 is 0 Å². The number of esters is 1. The molecule has 4 rings (SSSR count). The lowest BCUT2D eigenvalue weighted by atomic mass is 9.85. The van der Waals surface area contributed by atoms with Gasteiger partial charge < -0.3 is 14.4 Å². The number of hydrogen-bond acceptors (Lipinski definition) is 7. The first kappa shape index (κ1) is 23.0. The molecule has 1 fully saturated rings. The number of nitrogens with one attached hydrogen (secondary N) is 1. The van der Waals surface area contributed by atoms with Crippen LogP contribution >= 0.6 is 0 Å². The molecule has 174 valence electrons. The van der Waals surface area contributed by atoms with Crippen LogP contribution < -0.4 is 10.1 Å². The quantitative estimate of drug-likeness (QED) is 0.391. The summed E-state index contributed by atoms with van der Waals surface area (Å²) in [5.74, 6) is 4.80. The van der Waals surface area contributed by atoms with Crippen LogP contribution in [0.5, 0.6) is 5.75 Å². The zero-order valence-corrected chi connectivity index (χ0v) is 18.8. The van der Waals surface area contributed by atoms with Gasteiger partial charge in [0.25, 0.3) is 5.91 Å². The van der Waals surface area contributed by atoms with Crippen LogP contribution in [0.2, 0.25) is 0 Å². The van der Waals surface area contributed by atoms with Gasteiger partial charge in [0.1, 0.15) is 11.2 Å². The SMILES string of the molecule is CCOC(=O)Cc1cncc(C#C[C@]2(CN3Cc4ccc(OC)cc4C3=O)CC(=O)NC2=O)c1. The Kier molecular flexibility index (Phi) is 6.32. The Hall–Kier alpha value is -4.19. The number of nitrogens with zero attached hydrogens (tertiary/aromatic N) is 2. The van der Waals surface area contributed by atoms with Crippen LogP contribution in [-0.2, 0) is 32.1 Å². The number of benzene rings is 1. The van der Waals surface area contributed by atoms with Gasteiger partial charge in [-0.3, -0.25) is 29.5 Å². The van der Waals surface area contributed by atoms with Crippen LogP contribution in [0.4, 0.5) is 0 Å². The monoisotopic (exact) mass is 461 g/mol. The molecule has 3 amide bonds. The second kappa shape index (κ2) is 9.35. The summed E-state index contributed by atoms with van der Waals surface area (Å²) in [7, 11) is 1.52. The first-order valence-corrected chi connectivity index (χ1v) is 10.8. The maximum absolute atomic E-state index is 13.0. The summed E-state index contributed by atoms with van der Waals surface area (Å²) in [5, 5.41) is 2.31. The fourth-order valence-corrected chi connectivity index (χ4v) is 4.06. The Labute approximate surface area is 196 Å². The number of carbonyl (C=O) groups excluding carboxylic acids is 4. The highest BCUT2D eigenvalue weighted by Crippen LogP contribution is 2.33. The largest absolute Gasteiger partial charge is 0.497 e. The van der Waals surface area contributed by atoms with Gasteiger partial charge in [0.15, 0.2) is 0 Å². The predicted octanol–water partition coefficient (Wildman–Crippen LogP) is 1.24. The van der Waals surface area contributed by atoms with Crippen LogP contribution in [0.1, 0.15) is 40.4 Å². The van der Waals surface area contributed by atoms with Gasteiger partial charge in [-0.05, 0) is 36.2 Å². The third-order valence-electron chi connectivity index (χ3n) is 5.70. The van der Waals surface area contributed by atoms with Crippen molar-refractivity contribution in [2.75, 3.05) is 20.3 Å². The van der Waals surface area contributed by atoms with E-state index in [0.717, 1.165) is 5.56 Å². The number of fused-ring (bicyclic) bond motifs is 1. The van der Waals surface area contributed by atoms with Gasteiger partial charge in [-0.25, -0.2) is 0 Å². The van der Waals surface area contributed by atoms with E-state index in [4.69, 9.17) is 9.47 Å². The molecule has 1 aromatic carbocycles. The average molecular weight is 461 g/mol. The average Bonchev–Trinajstić information content (AvgIpc) is 3.27. The third kappa shape index (κ3) is 4.62. The minimum absolute atomic E-state index is 0.0383. The molecule has 9 nitrogen and oxygen atoms in total. The summed E-state index contributed by atoms with van der Waals surface area (Å²) in [5.41, 5.74) is 1.02. The van der Waals surface area contributed by atoms with Gasteiger partial charge in [0.05, 0.1) is 26.6 Å². The predicted molar refractivity (Wildman–Crippen MR) is 119 cm³/mol. The molecule has 34 heavy (non-hydrogen) atoms. The van der Waals surface area contributed by atoms with Gasteiger partial charge >= 0.3 is 5.97 Å². The van der Waals surface area contributed by atoms with Gasteiger partial charge in [0, 0.05) is 36.6 Å². The maximum Gasteiger partial charge on any atom is 0.310 e. The number of pyridine rings is 1. The minimum atomic E-state index is -1.39. The van der Waals surface area contributed by atoms with E-state index in [9.17, 15) is 19.2 Å². The van der Waals surface area contributed by atoms with Gasteiger partial charge in [-0.1, -0.05) is 17.9 Å². The molecular weight excluding hydrogens is 438 g/mol. The van der Waals surface area contributed by atoms with Crippen molar-refractivity contribution in [3.63, 3.8) is 0 Å². The topological polar surface area (TPSA) is 115 Å². The molecule has 1 N–H and O–H groups in total. The Balaban J connectivity index is 1.59. The molecule has 0 spiro atoms. The molecule has 2 aliphatic heterocycles. The molecule has 3 heterocycles. The maximum atomic E-state index is 13.0.